The lowest BCUT2D eigenvalue weighted by molar-refractivity contribution is 0.102. The topological polar surface area (TPSA) is 85.4 Å². The molecule has 0 fully saturated rings. The van der Waals surface area contributed by atoms with Crippen LogP contribution < -0.4 is 20.1 Å². The van der Waals surface area contributed by atoms with Crippen LogP contribution >= 0.6 is 11.6 Å². The minimum Gasteiger partial charge on any atom is -0.495 e. The van der Waals surface area contributed by atoms with Crippen molar-refractivity contribution in [2.24, 2.45) is 0 Å². The summed E-state index contributed by atoms with van der Waals surface area (Å²) in [7, 11) is 2.98. The third-order valence-electron chi connectivity index (χ3n) is 3.95. The highest BCUT2D eigenvalue weighted by Crippen LogP contribution is 2.36. The Balaban J connectivity index is 1.81. The summed E-state index contributed by atoms with van der Waals surface area (Å²) in [6.07, 6.45) is 1.32. The molecule has 3 aromatic rings. The van der Waals surface area contributed by atoms with Gasteiger partial charge in [-0.05, 0) is 19.1 Å². The fourth-order valence-corrected chi connectivity index (χ4v) is 2.71. The molecule has 7 nitrogen and oxygen atoms in total. The van der Waals surface area contributed by atoms with Crippen molar-refractivity contribution in [1.82, 2.24) is 9.97 Å². The summed E-state index contributed by atoms with van der Waals surface area (Å²) in [5.74, 6) is 0.912. The Hall–Kier alpha value is -3.32. The second kappa shape index (κ2) is 8.58. The highest BCUT2D eigenvalue weighted by molar-refractivity contribution is 6.32. The van der Waals surface area contributed by atoms with Gasteiger partial charge < -0.3 is 20.1 Å². The number of aryl methyl sites for hydroxylation is 1. The first-order valence-electron chi connectivity index (χ1n) is 8.38. The Morgan fingerprint density at radius 3 is 2.39 bits per heavy atom. The quantitative estimate of drug-likeness (QED) is 0.638. The lowest BCUT2D eigenvalue weighted by Crippen LogP contribution is -2.15. The van der Waals surface area contributed by atoms with Gasteiger partial charge in [-0.15, -0.1) is 0 Å². The first-order chi connectivity index (χ1) is 13.5. The van der Waals surface area contributed by atoms with Gasteiger partial charge in [0.1, 0.15) is 29.3 Å². The number of hydrogen-bond acceptors (Lipinski definition) is 6. The van der Waals surface area contributed by atoms with E-state index in [2.05, 4.69) is 20.6 Å². The van der Waals surface area contributed by atoms with Gasteiger partial charge >= 0.3 is 0 Å². The number of nitrogens with zero attached hydrogens (tertiary/aromatic N) is 2. The number of benzene rings is 2. The van der Waals surface area contributed by atoms with E-state index in [0.717, 1.165) is 11.3 Å². The average molecular weight is 399 g/mol. The molecule has 0 unspecified atom stereocenters. The molecule has 0 spiro atoms. The number of ether oxygens (including phenoxy) is 2. The standard InChI is InChI=1S/C20H19ClN4O3/c1-12-4-6-13(7-5-12)24-19-10-16(22-11-23-19)20(26)25-15-9-17(27-2)14(21)8-18(15)28-3/h4-11H,1-3H3,(H,25,26)(H,22,23,24). The van der Waals surface area contributed by atoms with Crippen LogP contribution in [0.15, 0.2) is 48.8 Å². The summed E-state index contributed by atoms with van der Waals surface area (Å²) < 4.78 is 10.5. The van der Waals surface area contributed by atoms with E-state index in [4.69, 9.17) is 21.1 Å². The number of aromatic nitrogens is 2. The Morgan fingerprint density at radius 1 is 1.00 bits per heavy atom. The molecule has 0 atom stereocenters. The van der Waals surface area contributed by atoms with E-state index in [9.17, 15) is 4.79 Å². The molecule has 2 N–H and O–H groups in total. The number of rotatable bonds is 6. The summed E-state index contributed by atoms with van der Waals surface area (Å²) >= 11 is 6.09. The van der Waals surface area contributed by atoms with Crippen LogP contribution in [0.3, 0.4) is 0 Å². The molecule has 0 aliphatic carbocycles. The van der Waals surface area contributed by atoms with Crippen molar-refractivity contribution in [2.45, 2.75) is 6.92 Å². The SMILES string of the molecule is COc1cc(NC(=O)c2cc(Nc3ccc(C)cc3)ncn2)c(OC)cc1Cl. The minimum atomic E-state index is -0.419. The molecule has 0 radical (unpaired) electrons. The third-order valence-corrected chi connectivity index (χ3v) is 4.24. The van der Waals surface area contributed by atoms with E-state index in [-0.39, 0.29) is 5.69 Å². The number of hydrogen-bond donors (Lipinski definition) is 2. The summed E-state index contributed by atoms with van der Waals surface area (Å²) in [6, 6.07) is 12.6. The lowest BCUT2D eigenvalue weighted by Gasteiger charge is -2.13. The first kappa shape index (κ1) is 19.4. The molecular formula is C20H19ClN4O3. The zero-order chi connectivity index (χ0) is 20.1. The Bertz CT molecular complexity index is 993. The smallest absolute Gasteiger partial charge is 0.274 e. The minimum absolute atomic E-state index is 0.195. The fraction of sp³-hybridized carbons (Fsp3) is 0.150. The maximum atomic E-state index is 12.7. The van der Waals surface area contributed by atoms with E-state index in [1.807, 2.05) is 31.2 Å². The van der Waals surface area contributed by atoms with Crippen molar-refractivity contribution in [1.29, 1.82) is 0 Å². The van der Waals surface area contributed by atoms with Crippen LogP contribution in [0.5, 0.6) is 11.5 Å². The summed E-state index contributed by atoms with van der Waals surface area (Å²) in [6.45, 7) is 2.01. The van der Waals surface area contributed by atoms with Crippen molar-refractivity contribution in [3.05, 3.63) is 65.1 Å². The second-order valence-electron chi connectivity index (χ2n) is 5.92. The van der Waals surface area contributed by atoms with Gasteiger partial charge in [0.15, 0.2) is 0 Å². The molecule has 2 aromatic carbocycles. The molecular weight excluding hydrogens is 380 g/mol. The lowest BCUT2D eigenvalue weighted by atomic mass is 10.2. The molecule has 0 aliphatic heterocycles. The number of methoxy groups -OCH3 is 2. The van der Waals surface area contributed by atoms with E-state index in [1.165, 1.54) is 20.5 Å². The van der Waals surface area contributed by atoms with Gasteiger partial charge in [-0.1, -0.05) is 29.3 Å². The van der Waals surface area contributed by atoms with Gasteiger partial charge in [-0.3, -0.25) is 4.79 Å². The summed E-state index contributed by atoms with van der Waals surface area (Å²) in [5, 5.41) is 6.28. The number of amides is 1. The van der Waals surface area contributed by atoms with Crippen LogP contribution in [-0.2, 0) is 0 Å². The first-order valence-corrected chi connectivity index (χ1v) is 8.76. The van der Waals surface area contributed by atoms with Gasteiger partial charge in [0.2, 0.25) is 0 Å². The highest BCUT2D eigenvalue weighted by Gasteiger charge is 2.15. The summed E-state index contributed by atoms with van der Waals surface area (Å²) in [5.41, 5.74) is 2.63. The van der Waals surface area contributed by atoms with Crippen molar-refractivity contribution in [3.63, 3.8) is 0 Å². The predicted octanol–water partition coefficient (Wildman–Crippen LogP) is 4.45. The molecule has 0 saturated heterocycles. The van der Waals surface area contributed by atoms with Crippen LogP contribution in [0.1, 0.15) is 16.1 Å². The molecule has 0 aliphatic rings. The Morgan fingerprint density at radius 2 is 1.71 bits per heavy atom. The highest BCUT2D eigenvalue weighted by atomic mass is 35.5. The van der Waals surface area contributed by atoms with Crippen molar-refractivity contribution in [3.8, 4) is 11.5 Å². The van der Waals surface area contributed by atoms with E-state index >= 15 is 0 Å². The van der Waals surface area contributed by atoms with Crippen LogP contribution in [0.4, 0.5) is 17.2 Å². The monoisotopic (exact) mass is 398 g/mol. The molecule has 0 saturated carbocycles. The molecule has 3 rings (SSSR count). The number of nitrogens with one attached hydrogen (secondary N) is 2. The van der Waals surface area contributed by atoms with Crippen molar-refractivity contribution >= 4 is 34.7 Å². The molecule has 1 aromatic heterocycles. The van der Waals surface area contributed by atoms with Crippen molar-refractivity contribution < 1.29 is 14.3 Å². The fourth-order valence-electron chi connectivity index (χ4n) is 2.48. The maximum Gasteiger partial charge on any atom is 0.274 e. The molecule has 1 amide bonds. The molecule has 144 valence electrons. The maximum absolute atomic E-state index is 12.7. The number of carbonyl (C=O) groups excluding carboxylic acids is 1. The third kappa shape index (κ3) is 4.50. The average Bonchev–Trinajstić information content (AvgIpc) is 2.70. The largest absolute Gasteiger partial charge is 0.495 e. The number of halogens is 1. The van der Waals surface area contributed by atoms with Crippen LogP contribution in [0.2, 0.25) is 5.02 Å². The molecule has 28 heavy (non-hydrogen) atoms. The number of anilines is 3. The van der Waals surface area contributed by atoms with Crippen molar-refractivity contribution in [2.75, 3.05) is 24.9 Å². The second-order valence-corrected chi connectivity index (χ2v) is 6.33. The van der Waals surface area contributed by atoms with Gasteiger partial charge in [-0.25, -0.2) is 9.97 Å². The van der Waals surface area contributed by atoms with Crippen LogP contribution in [0, 0.1) is 6.92 Å². The van der Waals surface area contributed by atoms with Crippen LogP contribution in [-0.4, -0.2) is 30.1 Å². The Kier molecular flexibility index (Phi) is 5.96. The zero-order valence-corrected chi connectivity index (χ0v) is 16.4. The van der Waals surface area contributed by atoms with Gasteiger partial charge in [0.25, 0.3) is 5.91 Å². The van der Waals surface area contributed by atoms with Gasteiger partial charge in [-0.2, -0.15) is 0 Å². The van der Waals surface area contributed by atoms with E-state index in [1.54, 1.807) is 18.2 Å². The number of carbonyl (C=O) groups is 1. The van der Waals surface area contributed by atoms with E-state index < -0.39 is 5.91 Å². The Labute approximate surface area is 167 Å². The molecule has 8 heteroatoms. The predicted molar refractivity (Wildman–Crippen MR) is 109 cm³/mol. The zero-order valence-electron chi connectivity index (χ0n) is 15.6. The molecule has 0 bridgehead atoms. The normalized spacial score (nSPS) is 10.3. The van der Waals surface area contributed by atoms with Gasteiger partial charge in [0, 0.05) is 23.9 Å². The van der Waals surface area contributed by atoms with E-state index in [0.29, 0.717) is 28.0 Å². The summed E-state index contributed by atoms with van der Waals surface area (Å²) in [4.78, 5) is 20.9. The van der Waals surface area contributed by atoms with Crippen LogP contribution in [0.25, 0.3) is 0 Å². The van der Waals surface area contributed by atoms with Gasteiger partial charge in [0.05, 0.1) is 24.9 Å². The molecule has 1 heterocycles.